The van der Waals surface area contributed by atoms with Crippen LogP contribution in [-0.2, 0) is 14.3 Å². The first-order valence-corrected chi connectivity index (χ1v) is 10.0. The first kappa shape index (κ1) is 19.4. The Labute approximate surface area is 165 Å². The molecule has 1 aromatic carbocycles. The quantitative estimate of drug-likeness (QED) is 0.551. The summed E-state index contributed by atoms with van der Waals surface area (Å²) in [4.78, 5) is 25.6. The van der Waals surface area contributed by atoms with E-state index in [0.29, 0.717) is 10.6 Å². The topological polar surface area (TPSA) is 61.8 Å². The Morgan fingerprint density at radius 3 is 2.56 bits per heavy atom. The first-order chi connectivity index (χ1) is 12.8. The molecule has 0 N–H and O–H groups in total. The van der Waals surface area contributed by atoms with E-state index in [-0.39, 0.29) is 6.61 Å². The fourth-order valence-corrected chi connectivity index (χ4v) is 4.37. The average Bonchev–Trinajstić information content (AvgIpc) is 3.25. The number of hydrogen-bond donors (Lipinski definition) is 0. The predicted molar refractivity (Wildman–Crippen MR) is 108 cm³/mol. The summed E-state index contributed by atoms with van der Waals surface area (Å²) in [5.41, 5.74) is 0.464. The van der Waals surface area contributed by atoms with E-state index in [1.807, 2.05) is 35.7 Å². The summed E-state index contributed by atoms with van der Waals surface area (Å²) in [5.74, 6) is -0.633. The van der Waals surface area contributed by atoms with E-state index >= 15 is 0 Å². The van der Waals surface area contributed by atoms with Crippen LogP contribution in [0.3, 0.4) is 0 Å². The molecular formula is C20H20O5S2. The van der Waals surface area contributed by atoms with Gasteiger partial charge in [0, 0.05) is 15.0 Å². The number of hydrogen-bond acceptors (Lipinski definition) is 7. The number of rotatable bonds is 5. The number of esters is 2. The van der Waals surface area contributed by atoms with Crippen LogP contribution in [0.4, 0.5) is 0 Å². The molecule has 0 spiro atoms. The van der Waals surface area contributed by atoms with Gasteiger partial charge in [0.05, 0.1) is 7.11 Å². The van der Waals surface area contributed by atoms with Gasteiger partial charge in [-0.25, -0.2) is 9.59 Å². The van der Waals surface area contributed by atoms with Crippen molar-refractivity contribution in [1.29, 1.82) is 0 Å². The lowest BCUT2D eigenvalue weighted by atomic mass is 10.1. The molecule has 2 heterocycles. The summed E-state index contributed by atoms with van der Waals surface area (Å²) in [6.45, 7) is 5.09. The van der Waals surface area contributed by atoms with Gasteiger partial charge < -0.3 is 14.2 Å². The zero-order chi connectivity index (χ0) is 19.6. The molecule has 0 aliphatic carbocycles. The second-order valence-electron chi connectivity index (χ2n) is 6.82. The Kier molecular flexibility index (Phi) is 5.53. The third-order valence-electron chi connectivity index (χ3n) is 3.58. The van der Waals surface area contributed by atoms with Crippen LogP contribution in [-0.4, -0.2) is 31.3 Å². The molecule has 0 radical (unpaired) electrons. The molecule has 5 nitrogen and oxygen atoms in total. The molecule has 0 saturated carbocycles. The third kappa shape index (κ3) is 4.48. The van der Waals surface area contributed by atoms with E-state index in [1.54, 1.807) is 32.1 Å². The van der Waals surface area contributed by atoms with Gasteiger partial charge in [0.25, 0.3) is 0 Å². The first-order valence-electron chi connectivity index (χ1n) is 8.32. The van der Waals surface area contributed by atoms with Crippen molar-refractivity contribution in [3.05, 3.63) is 40.6 Å². The molecule has 0 unspecified atom stereocenters. The fourth-order valence-electron chi connectivity index (χ4n) is 2.54. The molecule has 0 amide bonds. The summed E-state index contributed by atoms with van der Waals surface area (Å²) in [6.07, 6.45) is 0. The molecule has 142 valence electrons. The molecule has 0 saturated heterocycles. The predicted octanol–water partition coefficient (Wildman–Crippen LogP) is 5.14. The third-order valence-corrected chi connectivity index (χ3v) is 5.61. The highest BCUT2D eigenvalue weighted by molar-refractivity contribution is 7.21. The Bertz CT molecular complexity index is 964. The van der Waals surface area contributed by atoms with Crippen LogP contribution in [0, 0.1) is 0 Å². The van der Waals surface area contributed by atoms with Crippen LogP contribution in [0.25, 0.3) is 20.5 Å². The number of thiophene rings is 2. The summed E-state index contributed by atoms with van der Waals surface area (Å²) in [7, 11) is 1.32. The molecule has 0 aliphatic heterocycles. The van der Waals surface area contributed by atoms with Gasteiger partial charge in [-0.05, 0) is 49.9 Å². The molecule has 3 aromatic rings. The van der Waals surface area contributed by atoms with Gasteiger partial charge >= 0.3 is 11.9 Å². The van der Waals surface area contributed by atoms with Gasteiger partial charge in [-0.3, -0.25) is 0 Å². The van der Waals surface area contributed by atoms with Crippen molar-refractivity contribution in [2.24, 2.45) is 0 Å². The number of benzene rings is 1. The number of ether oxygens (including phenoxy) is 3. The van der Waals surface area contributed by atoms with Crippen LogP contribution >= 0.6 is 22.7 Å². The van der Waals surface area contributed by atoms with E-state index in [1.165, 1.54) is 18.4 Å². The number of carbonyl (C=O) groups is 2. The average molecular weight is 405 g/mol. The maximum atomic E-state index is 12.2. The lowest BCUT2D eigenvalue weighted by molar-refractivity contribution is -0.157. The van der Waals surface area contributed by atoms with E-state index in [9.17, 15) is 9.59 Å². The highest BCUT2D eigenvalue weighted by Crippen LogP contribution is 2.40. The smallest absolute Gasteiger partial charge is 0.351 e. The molecule has 0 atom stereocenters. The van der Waals surface area contributed by atoms with Crippen molar-refractivity contribution in [2.75, 3.05) is 13.7 Å². The van der Waals surface area contributed by atoms with Gasteiger partial charge in [-0.15, -0.1) is 22.7 Å². The highest BCUT2D eigenvalue weighted by Gasteiger charge is 2.23. The molecule has 3 rings (SSSR count). The van der Waals surface area contributed by atoms with Crippen LogP contribution < -0.4 is 4.74 Å². The van der Waals surface area contributed by atoms with Gasteiger partial charge in [0.1, 0.15) is 5.60 Å². The number of carbonyl (C=O) groups excluding carboxylic acids is 2. The maximum absolute atomic E-state index is 12.2. The number of methoxy groups -OCH3 is 1. The van der Waals surface area contributed by atoms with Crippen LogP contribution in [0.1, 0.15) is 30.4 Å². The van der Waals surface area contributed by atoms with Gasteiger partial charge in [0.15, 0.2) is 17.2 Å². The van der Waals surface area contributed by atoms with Crippen molar-refractivity contribution < 1.29 is 23.8 Å². The minimum Gasteiger partial charge on any atom is -0.479 e. The van der Waals surface area contributed by atoms with Crippen molar-refractivity contribution in [3.63, 3.8) is 0 Å². The van der Waals surface area contributed by atoms with E-state index in [2.05, 4.69) is 0 Å². The van der Waals surface area contributed by atoms with E-state index < -0.39 is 17.5 Å². The van der Waals surface area contributed by atoms with Crippen molar-refractivity contribution in [2.45, 2.75) is 26.4 Å². The molecular weight excluding hydrogens is 384 g/mol. The standard InChI is InChI=1S/C20H20O5S2/c1-20(2,3)25-16(21)11-24-17-13-8-7-12(14-6-5-9-26-14)10-15(13)27-18(17)19(22)23-4/h5-10H,11H2,1-4H3. The lowest BCUT2D eigenvalue weighted by Crippen LogP contribution is -2.27. The Hall–Kier alpha value is -2.38. The SMILES string of the molecule is COC(=O)c1sc2cc(-c3cccs3)ccc2c1OCC(=O)OC(C)(C)C. The van der Waals surface area contributed by atoms with Crippen LogP contribution in [0.5, 0.6) is 5.75 Å². The molecule has 0 fully saturated rings. The summed E-state index contributed by atoms with van der Waals surface area (Å²) >= 11 is 2.93. The second-order valence-corrected chi connectivity index (χ2v) is 8.82. The number of fused-ring (bicyclic) bond motifs is 1. The minimum absolute atomic E-state index is 0.278. The summed E-state index contributed by atoms with van der Waals surface area (Å²) in [5, 5.41) is 2.78. The van der Waals surface area contributed by atoms with E-state index in [0.717, 1.165) is 20.5 Å². The molecule has 0 bridgehead atoms. The Balaban J connectivity index is 1.94. The zero-order valence-corrected chi connectivity index (χ0v) is 17.2. The molecule has 2 aromatic heterocycles. The minimum atomic E-state index is -0.599. The molecule has 7 heteroatoms. The van der Waals surface area contributed by atoms with Gasteiger partial charge in [-0.2, -0.15) is 0 Å². The lowest BCUT2D eigenvalue weighted by Gasteiger charge is -2.19. The van der Waals surface area contributed by atoms with Crippen molar-refractivity contribution in [1.82, 2.24) is 0 Å². The zero-order valence-electron chi connectivity index (χ0n) is 15.5. The molecule has 0 aliphatic rings. The van der Waals surface area contributed by atoms with Crippen LogP contribution in [0.15, 0.2) is 35.7 Å². The normalized spacial score (nSPS) is 11.4. The van der Waals surface area contributed by atoms with Crippen molar-refractivity contribution in [3.8, 4) is 16.2 Å². The second kappa shape index (κ2) is 7.70. The van der Waals surface area contributed by atoms with E-state index in [4.69, 9.17) is 14.2 Å². The highest BCUT2D eigenvalue weighted by atomic mass is 32.1. The Morgan fingerprint density at radius 1 is 1.15 bits per heavy atom. The van der Waals surface area contributed by atoms with Crippen LogP contribution in [0.2, 0.25) is 0 Å². The van der Waals surface area contributed by atoms with Gasteiger partial charge in [-0.1, -0.05) is 12.1 Å². The summed E-state index contributed by atoms with van der Waals surface area (Å²) in [6, 6.07) is 9.92. The van der Waals surface area contributed by atoms with Gasteiger partial charge in [0.2, 0.25) is 0 Å². The molecule has 27 heavy (non-hydrogen) atoms. The monoisotopic (exact) mass is 404 g/mol. The van der Waals surface area contributed by atoms with Crippen molar-refractivity contribution >= 4 is 44.7 Å². The summed E-state index contributed by atoms with van der Waals surface area (Å²) < 4.78 is 16.7. The fraction of sp³-hybridized carbons (Fsp3) is 0.300. The maximum Gasteiger partial charge on any atom is 0.351 e. The largest absolute Gasteiger partial charge is 0.479 e. The Morgan fingerprint density at radius 2 is 1.93 bits per heavy atom.